The predicted molar refractivity (Wildman–Crippen MR) is 113 cm³/mol. The molecule has 1 saturated heterocycles. The van der Waals surface area contributed by atoms with Crippen LogP contribution in [-0.4, -0.2) is 64.0 Å². The van der Waals surface area contributed by atoms with Crippen LogP contribution in [0.4, 0.5) is 0 Å². The molecule has 1 aliphatic rings. The summed E-state index contributed by atoms with van der Waals surface area (Å²) in [4.78, 5) is 7.36. The van der Waals surface area contributed by atoms with Crippen LogP contribution >= 0.6 is 0 Å². The topological polar surface area (TPSA) is 46.1 Å². The lowest BCUT2D eigenvalue weighted by Gasteiger charge is -2.26. The van der Waals surface area contributed by atoms with Crippen molar-refractivity contribution in [3.63, 3.8) is 0 Å². The van der Waals surface area contributed by atoms with E-state index in [1.807, 2.05) is 0 Å². The van der Waals surface area contributed by atoms with Crippen molar-refractivity contribution in [2.75, 3.05) is 53.1 Å². The van der Waals surface area contributed by atoms with E-state index in [1.54, 1.807) is 7.11 Å². The molecule has 152 valence electrons. The summed E-state index contributed by atoms with van der Waals surface area (Å²) in [6, 6.07) is 8.76. The van der Waals surface area contributed by atoms with Gasteiger partial charge in [0.05, 0.1) is 26.4 Å². The Hall–Kier alpha value is -1.59. The van der Waals surface area contributed by atoms with Gasteiger partial charge in [-0.2, -0.15) is 0 Å². The quantitative estimate of drug-likeness (QED) is 0.409. The molecule has 5 heteroatoms. The maximum atomic E-state index is 5.72. The molecular formula is C22H37N3O2. The average molecular weight is 376 g/mol. The Morgan fingerprint density at radius 3 is 2.85 bits per heavy atom. The van der Waals surface area contributed by atoms with Crippen LogP contribution in [0.1, 0.15) is 38.3 Å². The second kappa shape index (κ2) is 10.7. The molecule has 2 rings (SSSR count). The van der Waals surface area contributed by atoms with Gasteiger partial charge in [-0.1, -0.05) is 43.7 Å². The number of aryl methyl sites for hydroxylation is 1. The SMILES string of the molecule is CCNC(=NCC(C)(C)c1cccc(C)c1)N1CCC(COCCOC)C1. The van der Waals surface area contributed by atoms with Gasteiger partial charge in [-0.15, -0.1) is 0 Å². The Labute approximate surface area is 165 Å². The van der Waals surface area contributed by atoms with E-state index < -0.39 is 0 Å². The number of nitrogens with zero attached hydrogens (tertiary/aromatic N) is 2. The molecular weight excluding hydrogens is 338 g/mol. The van der Waals surface area contributed by atoms with Crippen LogP contribution < -0.4 is 5.32 Å². The van der Waals surface area contributed by atoms with Gasteiger partial charge in [-0.3, -0.25) is 4.99 Å². The Bertz CT molecular complexity index is 601. The van der Waals surface area contributed by atoms with Crippen LogP contribution in [-0.2, 0) is 14.9 Å². The van der Waals surface area contributed by atoms with Crippen molar-refractivity contribution >= 4 is 5.96 Å². The molecule has 1 N–H and O–H groups in total. The zero-order chi connectivity index (χ0) is 19.7. The first-order valence-electron chi connectivity index (χ1n) is 10.1. The maximum absolute atomic E-state index is 5.72. The first-order valence-corrected chi connectivity index (χ1v) is 10.1. The third kappa shape index (κ3) is 6.82. The molecule has 1 fully saturated rings. The van der Waals surface area contributed by atoms with Crippen LogP contribution in [0.5, 0.6) is 0 Å². The van der Waals surface area contributed by atoms with Crippen LogP contribution in [0.3, 0.4) is 0 Å². The van der Waals surface area contributed by atoms with E-state index in [2.05, 4.69) is 62.2 Å². The highest BCUT2D eigenvalue weighted by Gasteiger charge is 2.26. The molecule has 1 aliphatic heterocycles. The molecule has 1 unspecified atom stereocenters. The van der Waals surface area contributed by atoms with Crippen molar-refractivity contribution in [1.82, 2.24) is 10.2 Å². The monoisotopic (exact) mass is 375 g/mol. The number of hydrogen-bond acceptors (Lipinski definition) is 3. The number of ether oxygens (including phenoxy) is 2. The molecule has 0 spiro atoms. The van der Waals surface area contributed by atoms with Crippen molar-refractivity contribution in [1.29, 1.82) is 0 Å². The van der Waals surface area contributed by atoms with Gasteiger partial charge in [0.2, 0.25) is 0 Å². The van der Waals surface area contributed by atoms with Crippen molar-refractivity contribution in [2.45, 2.75) is 39.5 Å². The summed E-state index contributed by atoms with van der Waals surface area (Å²) in [6.45, 7) is 14.6. The molecule has 5 nitrogen and oxygen atoms in total. The van der Waals surface area contributed by atoms with E-state index in [9.17, 15) is 0 Å². The fourth-order valence-corrected chi connectivity index (χ4v) is 3.41. The van der Waals surface area contributed by atoms with Crippen molar-refractivity contribution in [3.05, 3.63) is 35.4 Å². The number of aliphatic imine (C=N–C) groups is 1. The number of hydrogen-bond donors (Lipinski definition) is 1. The highest BCUT2D eigenvalue weighted by molar-refractivity contribution is 5.80. The fourth-order valence-electron chi connectivity index (χ4n) is 3.41. The smallest absolute Gasteiger partial charge is 0.193 e. The molecule has 0 aromatic heterocycles. The lowest BCUT2D eigenvalue weighted by Crippen LogP contribution is -2.41. The Kier molecular flexibility index (Phi) is 8.58. The molecule has 1 atom stereocenters. The molecule has 27 heavy (non-hydrogen) atoms. The number of likely N-dealkylation sites (tertiary alicyclic amines) is 1. The van der Waals surface area contributed by atoms with Gasteiger partial charge in [-0.25, -0.2) is 0 Å². The Morgan fingerprint density at radius 1 is 1.33 bits per heavy atom. The average Bonchev–Trinajstić information content (AvgIpc) is 3.11. The minimum atomic E-state index is 0.00901. The lowest BCUT2D eigenvalue weighted by atomic mass is 9.84. The molecule has 0 bridgehead atoms. The van der Waals surface area contributed by atoms with Crippen LogP contribution in [0.15, 0.2) is 29.3 Å². The first-order chi connectivity index (χ1) is 13.0. The standard InChI is InChI=1S/C22H37N3O2/c1-6-23-21(25-11-10-19(15-25)16-27-13-12-26-5)24-17-22(3,4)20-9-7-8-18(2)14-20/h7-9,14,19H,6,10-13,15-17H2,1-5H3,(H,23,24). The zero-order valence-corrected chi connectivity index (χ0v) is 17.8. The highest BCUT2D eigenvalue weighted by atomic mass is 16.5. The predicted octanol–water partition coefficient (Wildman–Crippen LogP) is 3.22. The second-order valence-electron chi connectivity index (χ2n) is 8.09. The molecule has 1 aromatic rings. The van der Waals surface area contributed by atoms with Crippen molar-refractivity contribution in [3.8, 4) is 0 Å². The summed E-state index contributed by atoms with van der Waals surface area (Å²) < 4.78 is 10.8. The molecule has 0 radical (unpaired) electrons. The van der Waals surface area contributed by atoms with Crippen molar-refractivity contribution in [2.24, 2.45) is 10.9 Å². The lowest BCUT2D eigenvalue weighted by molar-refractivity contribution is 0.0536. The summed E-state index contributed by atoms with van der Waals surface area (Å²) in [6.07, 6.45) is 1.15. The van der Waals surface area contributed by atoms with E-state index in [0.717, 1.165) is 45.2 Å². The summed E-state index contributed by atoms with van der Waals surface area (Å²) in [5, 5.41) is 3.47. The first kappa shape index (κ1) is 21.7. The molecule has 0 aliphatic carbocycles. The Morgan fingerprint density at radius 2 is 2.15 bits per heavy atom. The second-order valence-corrected chi connectivity index (χ2v) is 8.09. The summed E-state index contributed by atoms with van der Waals surface area (Å²) in [7, 11) is 1.71. The third-order valence-corrected chi connectivity index (χ3v) is 5.13. The molecule has 0 amide bonds. The van der Waals surface area contributed by atoms with E-state index in [1.165, 1.54) is 11.1 Å². The third-order valence-electron chi connectivity index (χ3n) is 5.13. The summed E-state index contributed by atoms with van der Waals surface area (Å²) >= 11 is 0. The van der Waals surface area contributed by atoms with Crippen LogP contribution in [0.2, 0.25) is 0 Å². The van der Waals surface area contributed by atoms with Gasteiger partial charge in [0.15, 0.2) is 5.96 Å². The number of nitrogens with one attached hydrogen (secondary N) is 1. The number of methoxy groups -OCH3 is 1. The van der Waals surface area contributed by atoms with Gasteiger partial charge in [0.1, 0.15) is 0 Å². The fraction of sp³-hybridized carbons (Fsp3) is 0.682. The highest BCUT2D eigenvalue weighted by Crippen LogP contribution is 2.25. The van der Waals surface area contributed by atoms with Crippen LogP contribution in [0, 0.1) is 12.8 Å². The number of rotatable bonds is 9. The Balaban J connectivity index is 1.96. The van der Waals surface area contributed by atoms with E-state index >= 15 is 0 Å². The van der Waals surface area contributed by atoms with Gasteiger partial charge < -0.3 is 19.7 Å². The largest absolute Gasteiger partial charge is 0.382 e. The zero-order valence-electron chi connectivity index (χ0n) is 17.8. The maximum Gasteiger partial charge on any atom is 0.193 e. The van der Waals surface area contributed by atoms with E-state index in [-0.39, 0.29) is 5.41 Å². The number of guanidine groups is 1. The van der Waals surface area contributed by atoms with Gasteiger partial charge >= 0.3 is 0 Å². The van der Waals surface area contributed by atoms with Gasteiger partial charge in [0.25, 0.3) is 0 Å². The minimum absolute atomic E-state index is 0.00901. The van der Waals surface area contributed by atoms with Gasteiger partial charge in [-0.05, 0) is 25.8 Å². The molecule has 0 saturated carbocycles. The molecule has 1 heterocycles. The van der Waals surface area contributed by atoms with Gasteiger partial charge in [0, 0.05) is 38.1 Å². The van der Waals surface area contributed by atoms with Crippen molar-refractivity contribution < 1.29 is 9.47 Å². The normalized spacial score (nSPS) is 18.2. The molecule has 1 aromatic carbocycles. The van der Waals surface area contributed by atoms with E-state index in [0.29, 0.717) is 19.1 Å². The summed E-state index contributed by atoms with van der Waals surface area (Å²) in [5.74, 6) is 1.59. The minimum Gasteiger partial charge on any atom is -0.382 e. The van der Waals surface area contributed by atoms with E-state index in [4.69, 9.17) is 14.5 Å². The number of benzene rings is 1. The van der Waals surface area contributed by atoms with Crippen LogP contribution in [0.25, 0.3) is 0 Å². The summed E-state index contributed by atoms with van der Waals surface area (Å²) in [5.41, 5.74) is 2.65.